The van der Waals surface area contributed by atoms with Gasteiger partial charge in [-0.2, -0.15) is 0 Å². The lowest BCUT2D eigenvalue weighted by atomic mass is 10.2. The predicted molar refractivity (Wildman–Crippen MR) is 97.7 cm³/mol. The summed E-state index contributed by atoms with van der Waals surface area (Å²) in [5, 5.41) is 8.62. The topological polar surface area (TPSA) is 52.4 Å². The second-order valence-electron chi connectivity index (χ2n) is 6.37. The summed E-state index contributed by atoms with van der Waals surface area (Å²) in [4.78, 5) is 2.29. The van der Waals surface area contributed by atoms with Crippen molar-refractivity contribution in [2.24, 2.45) is 0 Å². The Morgan fingerprint density at radius 3 is 2.77 bits per heavy atom. The van der Waals surface area contributed by atoms with E-state index in [0.29, 0.717) is 13.2 Å². The lowest BCUT2D eigenvalue weighted by Gasteiger charge is -2.20. The van der Waals surface area contributed by atoms with Crippen molar-refractivity contribution in [2.75, 3.05) is 20.3 Å². The third-order valence-electron chi connectivity index (χ3n) is 4.50. The van der Waals surface area contributed by atoms with Crippen LogP contribution in [-0.4, -0.2) is 40.2 Å². The number of rotatable bonds is 6. The van der Waals surface area contributed by atoms with E-state index in [1.165, 1.54) is 5.56 Å². The van der Waals surface area contributed by atoms with Crippen molar-refractivity contribution in [3.63, 3.8) is 0 Å². The van der Waals surface area contributed by atoms with Crippen LogP contribution in [0.2, 0.25) is 0 Å². The van der Waals surface area contributed by atoms with E-state index in [-0.39, 0.29) is 6.23 Å². The molecule has 6 nitrogen and oxygen atoms in total. The maximum Gasteiger partial charge on any atom is 0.157 e. The molecule has 0 spiro atoms. The van der Waals surface area contributed by atoms with Crippen molar-refractivity contribution in [1.29, 1.82) is 0 Å². The van der Waals surface area contributed by atoms with Crippen molar-refractivity contribution in [3.8, 4) is 5.75 Å². The number of ether oxygens (including phenoxy) is 2. The highest BCUT2D eigenvalue weighted by Crippen LogP contribution is 2.27. The predicted octanol–water partition coefficient (Wildman–Crippen LogP) is 2.87. The van der Waals surface area contributed by atoms with Crippen LogP contribution in [0, 0.1) is 0 Å². The molecule has 1 aromatic heterocycles. The molecule has 1 atom stereocenters. The van der Waals surface area contributed by atoms with Gasteiger partial charge in [0.2, 0.25) is 0 Å². The fourth-order valence-corrected chi connectivity index (χ4v) is 3.22. The van der Waals surface area contributed by atoms with Crippen LogP contribution in [0.15, 0.2) is 60.8 Å². The number of methoxy groups -OCH3 is 1. The standard InChI is InChI=1S/C20H22N4O2/c1-25-18-9-5-8-17(12-18)14-24-15-19(21-22-24)20-23(10-11-26-20)13-16-6-3-2-4-7-16/h2-9,12,15,20H,10-11,13-14H2,1H3. The van der Waals surface area contributed by atoms with E-state index in [1.54, 1.807) is 7.11 Å². The monoisotopic (exact) mass is 350 g/mol. The summed E-state index contributed by atoms with van der Waals surface area (Å²) in [5.74, 6) is 0.844. The number of nitrogens with zero attached hydrogens (tertiary/aromatic N) is 4. The van der Waals surface area contributed by atoms with E-state index >= 15 is 0 Å². The lowest BCUT2D eigenvalue weighted by Crippen LogP contribution is -2.23. The Morgan fingerprint density at radius 2 is 1.92 bits per heavy atom. The third kappa shape index (κ3) is 3.76. The highest BCUT2D eigenvalue weighted by Gasteiger charge is 2.29. The second kappa shape index (κ2) is 7.68. The van der Waals surface area contributed by atoms with Crippen LogP contribution >= 0.6 is 0 Å². The minimum absolute atomic E-state index is 0.144. The van der Waals surface area contributed by atoms with Gasteiger partial charge in [0, 0.05) is 13.1 Å². The van der Waals surface area contributed by atoms with Crippen molar-refractivity contribution in [2.45, 2.75) is 19.3 Å². The lowest BCUT2D eigenvalue weighted by molar-refractivity contribution is 0.0252. The molecule has 6 heteroatoms. The smallest absolute Gasteiger partial charge is 0.157 e. The second-order valence-corrected chi connectivity index (χ2v) is 6.37. The van der Waals surface area contributed by atoms with Crippen LogP contribution in [0.1, 0.15) is 23.0 Å². The van der Waals surface area contributed by atoms with E-state index in [4.69, 9.17) is 9.47 Å². The molecule has 1 unspecified atom stereocenters. The summed E-state index contributed by atoms with van der Waals surface area (Å²) in [6, 6.07) is 18.4. The van der Waals surface area contributed by atoms with Gasteiger partial charge in [0.25, 0.3) is 0 Å². The van der Waals surface area contributed by atoms with Crippen LogP contribution in [0.4, 0.5) is 0 Å². The van der Waals surface area contributed by atoms with Gasteiger partial charge in [0.15, 0.2) is 6.23 Å². The van der Waals surface area contributed by atoms with Crippen LogP contribution in [0.3, 0.4) is 0 Å². The van der Waals surface area contributed by atoms with Crippen molar-refractivity contribution in [3.05, 3.63) is 77.6 Å². The Bertz CT molecular complexity index is 850. The molecule has 3 aromatic rings. The summed E-state index contributed by atoms with van der Waals surface area (Å²) in [7, 11) is 1.67. The summed E-state index contributed by atoms with van der Waals surface area (Å²) in [6.07, 6.45) is 1.82. The van der Waals surface area contributed by atoms with Crippen LogP contribution < -0.4 is 4.74 Å². The molecule has 2 aromatic carbocycles. The normalized spacial score (nSPS) is 17.5. The molecular formula is C20H22N4O2. The fraction of sp³-hybridized carbons (Fsp3) is 0.300. The molecule has 2 heterocycles. The summed E-state index contributed by atoms with van der Waals surface area (Å²) < 4.78 is 13.0. The molecule has 0 aliphatic carbocycles. The van der Waals surface area contributed by atoms with Gasteiger partial charge >= 0.3 is 0 Å². The molecule has 0 radical (unpaired) electrons. The average molecular weight is 350 g/mol. The molecule has 0 saturated carbocycles. The Morgan fingerprint density at radius 1 is 1.08 bits per heavy atom. The maximum absolute atomic E-state index is 5.91. The zero-order valence-electron chi connectivity index (χ0n) is 14.8. The van der Waals surface area contributed by atoms with E-state index in [2.05, 4.69) is 45.5 Å². The van der Waals surface area contributed by atoms with Gasteiger partial charge in [-0.15, -0.1) is 5.10 Å². The Labute approximate surface area is 153 Å². The van der Waals surface area contributed by atoms with Gasteiger partial charge in [-0.1, -0.05) is 47.7 Å². The molecule has 1 fully saturated rings. The van der Waals surface area contributed by atoms with Gasteiger partial charge in [-0.3, -0.25) is 4.90 Å². The molecule has 0 N–H and O–H groups in total. The molecule has 134 valence electrons. The van der Waals surface area contributed by atoms with Gasteiger partial charge in [0.05, 0.1) is 26.5 Å². The van der Waals surface area contributed by atoms with E-state index < -0.39 is 0 Å². The summed E-state index contributed by atoms with van der Waals surface area (Å²) in [5.41, 5.74) is 3.24. The molecule has 1 aliphatic heterocycles. The van der Waals surface area contributed by atoms with Gasteiger partial charge < -0.3 is 9.47 Å². The highest BCUT2D eigenvalue weighted by molar-refractivity contribution is 5.28. The van der Waals surface area contributed by atoms with E-state index in [0.717, 1.165) is 30.1 Å². The van der Waals surface area contributed by atoms with Crippen molar-refractivity contribution < 1.29 is 9.47 Å². The summed E-state index contributed by atoms with van der Waals surface area (Å²) in [6.45, 7) is 3.09. The molecule has 0 amide bonds. The largest absolute Gasteiger partial charge is 0.497 e. The number of hydrogen-bond donors (Lipinski definition) is 0. The number of aromatic nitrogens is 3. The molecular weight excluding hydrogens is 328 g/mol. The van der Waals surface area contributed by atoms with E-state index in [1.807, 2.05) is 35.1 Å². The van der Waals surface area contributed by atoms with Gasteiger partial charge in [-0.25, -0.2) is 4.68 Å². The number of hydrogen-bond acceptors (Lipinski definition) is 5. The first-order valence-electron chi connectivity index (χ1n) is 8.74. The van der Waals surface area contributed by atoms with Crippen molar-refractivity contribution in [1.82, 2.24) is 19.9 Å². The molecule has 4 rings (SSSR count). The quantitative estimate of drug-likeness (QED) is 0.684. The summed E-state index contributed by atoms with van der Waals surface area (Å²) >= 11 is 0. The van der Waals surface area contributed by atoms with Crippen molar-refractivity contribution >= 4 is 0 Å². The molecule has 26 heavy (non-hydrogen) atoms. The molecule has 1 saturated heterocycles. The van der Waals surface area contributed by atoms with E-state index in [9.17, 15) is 0 Å². The minimum atomic E-state index is -0.144. The molecule has 1 aliphatic rings. The zero-order valence-corrected chi connectivity index (χ0v) is 14.8. The highest BCUT2D eigenvalue weighted by atomic mass is 16.5. The first kappa shape index (κ1) is 16.8. The third-order valence-corrected chi connectivity index (χ3v) is 4.50. The van der Waals surface area contributed by atoms with Gasteiger partial charge in [-0.05, 0) is 23.3 Å². The average Bonchev–Trinajstić information content (AvgIpc) is 3.32. The first-order valence-corrected chi connectivity index (χ1v) is 8.74. The van der Waals surface area contributed by atoms with Gasteiger partial charge in [0.1, 0.15) is 11.4 Å². The van der Waals surface area contributed by atoms with Crippen LogP contribution in [-0.2, 0) is 17.8 Å². The first-order chi connectivity index (χ1) is 12.8. The number of benzene rings is 2. The fourth-order valence-electron chi connectivity index (χ4n) is 3.22. The SMILES string of the molecule is COc1cccc(Cn2cc(C3OCCN3Cc3ccccc3)nn2)c1. The Kier molecular flexibility index (Phi) is 4.95. The maximum atomic E-state index is 5.91. The van der Waals surface area contributed by atoms with Crippen LogP contribution in [0.5, 0.6) is 5.75 Å². The Hall–Kier alpha value is -2.70. The Balaban J connectivity index is 1.46. The molecule has 0 bridgehead atoms. The minimum Gasteiger partial charge on any atom is -0.497 e. The van der Waals surface area contributed by atoms with Crippen LogP contribution in [0.25, 0.3) is 0 Å². The zero-order chi connectivity index (χ0) is 17.8.